The molecule has 3 aromatic rings. The van der Waals surface area contributed by atoms with Crippen molar-refractivity contribution in [1.82, 2.24) is 5.32 Å². The first-order valence-electron chi connectivity index (χ1n) is 10.8. The number of alkyl carbamates (subject to hydrolysis) is 1. The molecule has 3 aromatic carbocycles. The van der Waals surface area contributed by atoms with Gasteiger partial charge in [-0.25, -0.2) is 4.79 Å². The summed E-state index contributed by atoms with van der Waals surface area (Å²) in [6.07, 6.45) is -2.37. The molecule has 0 bridgehead atoms. The fourth-order valence-electron chi connectivity index (χ4n) is 4.23. The first-order chi connectivity index (χ1) is 15.6. The number of fused-ring (bicyclic) bond motifs is 3. The molecular weight excluding hydrogens is 404 g/mol. The van der Waals surface area contributed by atoms with E-state index in [1.165, 1.54) is 11.1 Å². The SMILES string of the molecule is CNc1cccc(C(O)C(O)CCNC(=O)OCC2c3ccccc3-c3ccccc32)c1. The molecular formula is C26H28N2O4. The zero-order valence-corrected chi connectivity index (χ0v) is 18.0. The van der Waals surface area contributed by atoms with E-state index in [4.69, 9.17) is 4.74 Å². The Hall–Kier alpha value is -3.35. The lowest BCUT2D eigenvalue weighted by atomic mass is 9.98. The quantitative estimate of drug-likeness (QED) is 0.431. The minimum absolute atomic E-state index is 0.0000130. The number of hydrogen-bond acceptors (Lipinski definition) is 5. The summed E-state index contributed by atoms with van der Waals surface area (Å²) in [7, 11) is 1.79. The van der Waals surface area contributed by atoms with Crippen molar-refractivity contribution in [3.8, 4) is 11.1 Å². The van der Waals surface area contributed by atoms with Crippen molar-refractivity contribution < 1.29 is 19.7 Å². The number of carbonyl (C=O) groups is 1. The highest BCUT2D eigenvalue weighted by atomic mass is 16.5. The number of aliphatic hydroxyl groups excluding tert-OH is 2. The molecule has 0 radical (unpaired) electrons. The summed E-state index contributed by atoms with van der Waals surface area (Å²) in [4.78, 5) is 12.2. The van der Waals surface area contributed by atoms with Crippen LogP contribution >= 0.6 is 0 Å². The third-order valence-electron chi connectivity index (χ3n) is 5.93. The van der Waals surface area contributed by atoms with Gasteiger partial charge in [-0.3, -0.25) is 0 Å². The van der Waals surface area contributed by atoms with Gasteiger partial charge in [-0.1, -0.05) is 60.7 Å². The van der Waals surface area contributed by atoms with Gasteiger partial charge in [0.25, 0.3) is 0 Å². The van der Waals surface area contributed by atoms with Crippen LogP contribution in [0, 0.1) is 0 Å². The summed E-state index contributed by atoms with van der Waals surface area (Å²) < 4.78 is 5.49. The number of aliphatic hydroxyl groups is 2. The predicted molar refractivity (Wildman–Crippen MR) is 125 cm³/mol. The van der Waals surface area contributed by atoms with Gasteiger partial charge >= 0.3 is 6.09 Å². The van der Waals surface area contributed by atoms with Crippen LogP contribution in [0.3, 0.4) is 0 Å². The van der Waals surface area contributed by atoms with Crippen LogP contribution in [0.15, 0.2) is 72.8 Å². The van der Waals surface area contributed by atoms with Crippen LogP contribution in [-0.2, 0) is 4.74 Å². The average molecular weight is 433 g/mol. The van der Waals surface area contributed by atoms with Crippen LogP contribution in [0.25, 0.3) is 11.1 Å². The molecule has 32 heavy (non-hydrogen) atoms. The molecule has 1 amide bonds. The molecule has 0 aromatic heterocycles. The molecule has 0 spiro atoms. The van der Waals surface area contributed by atoms with E-state index < -0.39 is 18.3 Å². The highest BCUT2D eigenvalue weighted by Crippen LogP contribution is 2.44. The van der Waals surface area contributed by atoms with E-state index in [0.29, 0.717) is 5.56 Å². The van der Waals surface area contributed by atoms with Crippen molar-refractivity contribution in [2.24, 2.45) is 0 Å². The molecule has 0 heterocycles. The molecule has 0 fully saturated rings. The number of hydrogen-bond donors (Lipinski definition) is 4. The number of ether oxygens (including phenoxy) is 1. The molecule has 6 heteroatoms. The Kier molecular flexibility index (Phi) is 6.73. The van der Waals surface area contributed by atoms with Crippen molar-refractivity contribution in [2.45, 2.75) is 24.5 Å². The Bertz CT molecular complexity index is 1040. The van der Waals surface area contributed by atoms with Gasteiger partial charge in [0.2, 0.25) is 0 Å². The Labute approximate surface area is 187 Å². The minimum atomic E-state index is -1.03. The van der Waals surface area contributed by atoms with E-state index in [9.17, 15) is 15.0 Å². The second-order valence-corrected chi connectivity index (χ2v) is 7.93. The van der Waals surface area contributed by atoms with Gasteiger partial charge in [-0.15, -0.1) is 0 Å². The standard InChI is InChI=1S/C26H28N2O4/c1-27-18-8-6-7-17(15-18)25(30)24(29)13-14-28-26(31)32-16-23-21-11-4-2-9-19(21)20-10-3-5-12-22(20)23/h2-12,15,23-25,27,29-30H,13-14,16H2,1H3,(H,28,31). The molecule has 6 nitrogen and oxygen atoms in total. The maximum Gasteiger partial charge on any atom is 0.407 e. The Morgan fingerprint density at radius 3 is 2.28 bits per heavy atom. The lowest BCUT2D eigenvalue weighted by Crippen LogP contribution is -2.30. The largest absolute Gasteiger partial charge is 0.449 e. The normalized spacial score (nSPS) is 14.2. The molecule has 166 valence electrons. The van der Waals surface area contributed by atoms with Crippen LogP contribution in [0.2, 0.25) is 0 Å². The van der Waals surface area contributed by atoms with E-state index in [1.54, 1.807) is 19.2 Å². The van der Waals surface area contributed by atoms with Crippen LogP contribution in [-0.4, -0.2) is 42.6 Å². The summed E-state index contributed by atoms with van der Waals surface area (Å²) in [5, 5.41) is 26.4. The van der Waals surface area contributed by atoms with Crippen molar-refractivity contribution in [2.75, 3.05) is 25.5 Å². The molecule has 4 N–H and O–H groups in total. The van der Waals surface area contributed by atoms with Gasteiger partial charge in [0, 0.05) is 25.2 Å². The smallest absolute Gasteiger partial charge is 0.407 e. The van der Waals surface area contributed by atoms with Crippen molar-refractivity contribution >= 4 is 11.8 Å². The average Bonchev–Trinajstić information content (AvgIpc) is 3.16. The lowest BCUT2D eigenvalue weighted by Gasteiger charge is -2.19. The zero-order valence-electron chi connectivity index (χ0n) is 18.0. The first-order valence-corrected chi connectivity index (χ1v) is 10.8. The predicted octanol–water partition coefficient (Wildman–Crippen LogP) is 4.05. The summed E-state index contributed by atoms with van der Waals surface area (Å²) >= 11 is 0. The number of nitrogens with one attached hydrogen (secondary N) is 2. The topological polar surface area (TPSA) is 90.8 Å². The second-order valence-electron chi connectivity index (χ2n) is 7.93. The van der Waals surface area contributed by atoms with E-state index in [1.807, 2.05) is 36.4 Å². The number of amides is 1. The maximum atomic E-state index is 12.2. The van der Waals surface area contributed by atoms with E-state index >= 15 is 0 Å². The first kappa shape index (κ1) is 21.9. The Morgan fingerprint density at radius 2 is 1.62 bits per heavy atom. The number of carbonyl (C=O) groups excluding carboxylic acids is 1. The highest BCUT2D eigenvalue weighted by Gasteiger charge is 2.29. The van der Waals surface area contributed by atoms with Crippen molar-refractivity contribution in [3.63, 3.8) is 0 Å². The van der Waals surface area contributed by atoms with E-state index in [-0.39, 0.29) is 25.5 Å². The van der Waals surface area contributed by atoms with Crippen LogP contribution in [0.5, 0.6) is 0 Å². The summed E-state index contributed by atoms with van der Waals surface area (Å²) in [6, 6.07) is 23.6. The second kappa shape index (κ2) is 9.85. The molecule has 2 atom stereocenters. The molecule has 0 saturated carbocycles. The number of anilines is 1. The van der Waals surface area contributed by atoms with E-state index in [0.717, 1.165) is 16.8 Å². The summed E-state index contributed by atoms with van der Waals surface area (Å²) in [5.74, 6) is 0.0000130. The molecule has 0 aliphatic heterocycles. The fraction of sp³-hybridized carbons (Fsp3) is 0.269. The van der Waals surface area contributed by atoms with E-state index in [2.05, 4.69) is 34.9 Å². The molecule has 1 aliphatic rings. The molecule has 2 unspecified atom stereocenters. The van der Waals surface area contributed by atoms with Gasteiger partial charge in [0.1, 0.15) is 12.7 Å². The molecule has 0 saturated heterocycles. The molecule has 4 rings (SSSR count). The van der Waals surface area contributed by atoms with Gasteiger partial charge in [0.05, 0.1) is 6.10 Å². The van der Waals surface area contributed by atoms with Gasteiger partial charge in [-0.05, 0) is 46.4 Å². The summed E-state index contributed by atoms with van der Waals surface area (Å²) in [6.45, 7) is 0.433. The van der Waals surface area contributed by atoms with Gasteiger partial charge in [0.15, 0.2) is 0 Å². The van der Waals surface area contributed by atoms with Crippen molar-refractivity contribution in [3.05, 3.63) is 89.5 Å². The van der Waals surface area contributed by atoms with Crippen LogP contribution < -0.4 is 10.6 Å². The van der Waals surface area contributed by atoms with Gasteiger partial charge < -0.3 is 25.6 Å². The third kappa shape index (κ3) is 4.61. The monoisotopic (exact) mass is 432 g/mol. The molecule has 1 aliphatic carbocycles. The third-order valence-corrected chi connectivity index (χ3v) is 5.93. The van der Waals surface area contributed by atoms with Crippen molar-refractivity contribution in [1.29, 1.82) is 0 Å². The summed E-state index contributed by atoms with van der Waals surface area (Å²) in [5.41, 5.74) is 6.14. The van der Waals surface area contributed by atoms with Crippen LogP contribution in [0.4, 0.5) is 10.5 Å². The Morgan fingerprint density at radius 1 is 0.969 bits per heavy atom. The number of benzene rings is 3. The minimum Gasteiger partial charge on any atom is -0.449 e. The zero-order chi connectivity index (χ0) is 22.5. The van der Waals surface area contributed by atoms with Crippen LogP contribution in [0.1, 0.15) is 35.1 Å². The Balaban J connectivity index is 1.28. The maximum absolute atomic E-state index is 12.2. The highest BCUT2D eigenvalue weighted by molar-refractivity contribution is 5.79. The number of rotatable bonds is 8. The van der Waals surface area contributed by atoms with Gasteiger partial charge in [-0.2, -0.15) is 0 Å². The fourth-order valence-corrected chi connectivity index (χ4v) is 4.23. The lowest BCUT2D eigenvalue weighted by molar-refractivity contribution is 0.0137.